The van der Waals surface area contributed by atoms with Gasteiger partial charge in [0.25, 0.3) is 0 Å². The minimum atomic E-state index is -2.84. The Kier molecular flexibility index (Phi) is 7.34. The molecular formula is C17H16ClF2NO2S. The number of rotatable bonds is 8. The predicted octanol–water partition coefficient (Wildman–Crippen LogP) is 4.49. The maximum Gasteiger partial charge on any atom is 0.387 e. The Morgan fingerprint density at radius 1 is 1.08 bits per heavy atom. The van der Waals surface area contributed by atoms with Gasteiger partial charge in [-0.15, -0.1) is 11.8 Å². The van der Waals surface area contributed by atoms with Gasteiger partial charge >= 0.3 is 6.61 Å². The van der Waals surface area contributed by atoms with Crippen molar-refractivity contribution in [2.24, 2.45) is 0 Å². The van der Waals surface area contributed by atoms with Crippen molar-refractivity contribution in [3.8, 4) is 5.75 Å². The second-order valence-electron chi connectivity index (χ2n) is 4.92. The molecule has 24 heavy (non-hydrogen) atoms. The number of ether oxygens (including phenoxy) is 1. The van der Waals surface area contributed by atoms with E-state index in [0.717, 1.165) is 16.9 Å². The van der Waals surface area contributed by atoms with E-state index in [-0.39, 0.29) is 11.7 Å². The number of carbonyl (C=O) groups excluding carboxylic acids is 1. The van der Waals surface area contributed by atoms with Gasteiger partial charge in [0.05, 0.1) is 5.75 Å². The molecule has 1 N–H and O–H groups in total. The summed E-state index contributed by atoms with van der Waals surface area (Å²) in [5, 5.41) is 3.47. The number of thioether (sulfide) groups is 1. The summed E-state index contributed by atoms with van der Waals surface area (Å²) in [4.78, 5) is 11.8. The summed E-state index contributed by atoms with van der Waals surface area (Å²) in [5.41, 5.74) is 1.92. The quantitative estimate of drug-likeness (QED) is 0.743. The molecular weight excluding hydrogens is 356 g/mol. The third-order valence-electron chi connectivity index (χ3n) is 3.05. The van der Waals surface area contributed by atoms with Crippen LogP contribution in [0.4, 0.5) is 8.78 Å². The van der Waals surface area contributed by atoms with Crippen molar-refractivity contribution in [3.63, 3.8) is 0 Å². The molecule has 0 spiro atoms. The third-order valence-corrected chi connectivity index (χ3v) is 4.31. The lowest BCUT2D eigenvalue weighted by atomic mass is 10.2. The molecule has 0 aliphatic heterocycles. The summed E-state index contributed by atoms with van der Waals surface area (Å²) < 4.78 is 28.4. The lowest BCUT2D eigenvalue weighted by Crippen LogP contribution is -2.24. The Morgan fingerprint density at radius 3 is 2.33 bits per heavy atom. The van der Waals surface area contributed by atoms with Crippen LogP contribution in [0.25, 0.3) is 0 Å². The summed E-state index contributed by atoms with van der Waals surface area (Å²) in [6.07, 6.45) is 0. The Labute approximate surface area is 148 Å². The smallest absolute Gasteiger partial charge is 0.387 e. The molecule has 0 atom stereocenters. The molecule has 0 aliphatic rings. The standard InChI is InChI=1S/C17H16ClF2NO2S/c18-14-5-1-13(2-6-14)10-24-11-16(22)21-9-12-3-7-15(8-4-12)23-17(19)20/h1-8,17H,9-11H2,(H,21,22). The molecule has 2 rings (SSSR count). The molecule has 0 aliphatic carbocycles. The number of amides is 1. The second kappa shape index (κ2) is 9.49. The minimum absolute atomic E-state index is 0.0816. The van der Waals surface area contributed by atoms with Crippen LogP contribution in [0, 0.1) is 0 Å². The zero-order valence-electron chi connectivity index (χ0n) is 12.7. The van der Waals surface area contributed by atoms with Crippen LogP contribution in [0.5, 0.6) is 5.75 Å². The topological polar surface area (TPSA) is 38.3 Å². The van der Waals surface area contributed by atoms with E-state index in [4.69, 9.17) is 11.6 Å². The van der Waals surface area contributed by atoms with E-state index in [1.54, 1.807) is 12.1 Å². The SMILES string of the molecule is O=C(CSCc1ccc(Cl)cc1)NCc1ccc(OC(F)F)cc1. The third kappa shape index (κ3) is 6.76. The van der Waals surface area contributed by atoms with E-state index < -0.39 is 6.61 Å². The van der Waals surface area contributed by atoms with E-state index in [1.165, 1.54) is 23.9 Å². The van der Waals surface area contributed by atoms with Gasteiger partial charge in [-0.1, -0.05) is 35.9 Å². The number of benzene rings is 2. The highest BCUT2D eigenvalue weighted by molar-refractivity contribution is 7.99. The van der Waals surface area contributed by atoms with Crippen molar-refractivity contribution < 1.29 is 18.3 Å². The normalized spacial score (nSPS) is 10.7. The largest absolute Gasteiger partial charge is 0.435 e. The lowest BCUT2D eigenvalue weighted by Gasteiger charge is -2.07. The zero-order valence-corrected chi connectivity index (χ0v) is 14.2. The molecule has 3 nitrogen and oxygen atoms in total. The number of alkyl halides is 2. The Hall–Kier alpha value is -1.79. The average Bonchev–Trinajstić information content (AvgIpc) is 2.55. The Morgan fingerprint density at radius 2 is 1.71 bits per heavy atom. The second-order valence-corrected chi connectivity index (χ2v) is 6.34. The van der Waals surface area contributed by atoms with Gasteiger partial charge in [-0.3, -0.25) is 4.79 Å². The molecule has 0 fully saturated rings. The van der Waals surface area contributed by atoms with Gasteiger partial charge in [0, 0.05) is 17.3 Å². The van der Waals surface area contributed by atoms with Crippen LogP contribution in [-0.4, -0.2) is 18.3 Å². The summed E-state index contributed by atoms with van der Waals surface area (Å²) in [6, 6.07) is 13.7. The number of halogens is 3. The van der Waals surface area contributed by atoms with Crippen molar-refractivity contribution in [1.82, 2.24) is 5.32 Å². The number of nitrogens with one attached hydrogen (secondary N) is 1. The molecule has 1 amide bonds. The Bertz CT molecular complexity index is 651. The van der Waals surface area contributed by atoms with Crippen molar-refractivity contribution in [1.29, 1.82) is 0 Å². The highest BCUT2D eigenvalue weighted by atomic mass is 35.5. The van der Waals surface area contributed by atoms with Crippen LogP contribution in [-0.2, 0) is 17.1 Å². The monoisotopic (exact) mass is 371 g/mol. The van der Waals surface area contributed by atoms with Crippen molar-refractivity contribution >= 4 is 29.3 Å². The van der Waals surface area contributed by atoms with Crippen LogP contribution in [0.2, 0.25) is 5.02 Å². The van der Waals surface area contributed by atoms with Gasteiger partial charge in [0.1, 0.15) is 5.75 Å². The molecule has 2 aromatic rings. The van der Waals surface area contributed by atoms with E-state index in [1.807, 2.05) is 24.3 Å². The Balaban J connectivity index is 1.68. The zero-order chi connectivity index (χ0) is 17.4. The van der Waals surface area contributed by atoms with Crippen LogP contribution in [0.3, 0.4) is 0 Å². The average molecular weight is 372 g/mol. The van der Waals surface area contributed by atoms with Gasteiger partial charge in [-0.05, 0) is 35.4 Å². The van der Waals surface area contributed by atoms with Crippen LogP contribution >= 0.6 is 23.4 Å². The molecule has 0 saturated heterocycles. The number of hydrogen-bond acceptors (Lipinski definition) is 3. The summed E-state index contributed by atoms with van der Waals surface area (Å²) in [6.45, 7) is -2.50. The van der Waals surface area contributed by atoms with Crippen molar-refractivity contribution in [3.05, 3.63) is 64.7 Å². The van der Waals surface area contributed by atoms with Crippen LogP contribution in [0.1, 0.15) is 11.1 Å². The maximum atomic E-state index is 12.0. The molecule has 0 unspecified atom stereocenters. The van der Waals surface area contributed by atoms with Gasteiger partial charge < -0.3 is 10.1 Å². The van der Waals surface area contributed by atoms with Gasteiger partial charge in [0.15, 0.2) is 0 Å². The molecule has 0 radical (unpaired) electrons. The first-order valence-corrected chi connectivity index (χ1v) is 8.69. The summed E-state index contributed by atoms with van der Waals surface area (Å²) >= 11 is 7.32. The van der Waals surface area contributed by atoms with Crippen molar-refractivity contribution in [2.45, 2.75) is 18.9 Å². The van der Waals surface area contributed by atoms with E-state index in [2.05, 4.69) is 10.1 Å². The first-order chi connectivity index (χ1) is 11.5. The predicted molar refractivity (Wildman–Crippen MR) is 92.5 cm³/mol. The maximum absolute atomic E-state index is 12.0. The molecule has 0 aromatic heterocycles. The molecule has 0 bridgehead atoms. The fraction of sp³-hybridized carbons (Fsp3) is 0.235. The molecule has 7 heteroatoms. The molecule has 0 saturated carbocycles. The molecule has 2 aromatic carbocycles. The van der Waals surface area contributed by atoms with E-state index in [9.17, 15) is 13.6 Å². The molecule has 0 heterocycles. The number of carbonyl (C=O) groups is 1. The first kappa shape index (κ1) is 18.5. The fourth-order valence-corrected chi connectivity index (χ4v) is 2.83. The minimum Gasteiger partial charge on any atom is -0.435 e. The highest BCUT2D eigenvalue weighted by Gasteiger charge is 2.05. The number of hydrogen-bond donors (Lipinski definition) is 1. The van der Waals surface area contributed by atoms with Gasteiger partial charge in [-0.2, -0.15) is 8.78 Å². The van der Waals surface area contributed by atoms with E-state index in [0.29, 0.717) is 17.3 Å². The van der Waals surface area contributed by atoms with Gasteiger partial charge in [0.2, 0.25) is 5.91 Å². The summed E-state index contributed by atoms with van der Waals surface area (Å²) in [5.74, 6) is 1.08. The van der Waals surface area contributed by atoms with Crippen LogP contribution in [0.15, 0.2) is 48.5 Å². The van der Waals surface area contributed by atoms with Crippen molar-refractivity contribution in [2.75, 3.05) is 5.75 Å². The lowest BCUT2D eigenvalue weighted by molar-refractivity contribution is -0.118. The summed E-state index contributed by atoms with van der Waals surface area (Å²) in [7, 11) is 0. The van der Waals surface area contributed by atoms with E-state index >= 15 is 0 Å². The van der Waals surface area contributed by atoms with Crippen LogP contribution < -0.4 is 10.1 Å². The fourth-order valence-electron chi connectivity index (χ4n) is 1.88. The van der Waals surface area contributed by atoms with Gasteiger partial charge in [-0.25, -0.2) is 0 Å². The first-order valence-electron chi connectivity index (χ1n) is 7.15. The molecule has 128 valence electrons. The highest BCUT2D eigenvalue weighted by Crippen LogP contribution is 2.16.